The third kappa shape index (κ3) is 1.63. The molecule has 0 spiro atoms. The van der Waals surface area contributed by atoms with E-state index in [2.05, 4.69) is 5.32 Å². The topological polar surface area (TPSA) is 60.0 Å². The van der Waals surface area contributed by atoms with Gasteiger partial charge in [-0.15, -0.1) is 0 Å². The molecular formula is C13H14N2O4. The van der Waals surface area contributed by atoms with Crippen LogP contribution in [0.1, 0.15) is 6.42 Å². The Kier molecular flexibility index (Phi) is 2.32. The van der Waals surface area contributed by atoms with Crippen LogP contribution in [0, 0.1) is 0 Å². The molecule has 6 heteroatoms. The predicted molar refractivity (Wildman–Crippen MR) is 66.6 cm³/mol. The molecule has 0 aliphatic carbocycles. The van der Waals surface area contributed by atoms with Crippen LogP contribution in [0.5, 0.6) is 11.5 Å². The third-order valence-corrected chi connectivity index (χ3v) is 3.81. The largest absolute Gasteiger partial charge is 0.454 e. The standard InChI is InChI=1S/C13H14N2O4/c16-13-15(9-3-4-14-6-12(9)19-13)8-1-2-10-11(5-8)18-7-17-10/h1-2,5,9,12,14H,3-4,6-7H2. The number of hydrogen-bond donors (Lipinski definition) is 1. The van der Waals surface area contributed by atoms with Gasteiger partial charge in [0.1, 0.15) is 6.10 Å². The van der Waals surface area contributed by atoms with E-state index in [0.717, 1.165) is 30.9 Å². The first-order chi connectivity index (χ1) is 9.33. The number of carbonyl (C=O) groups excluding carboxylic acids is 1. The van der Waals surface area contributed by atoms with Crippen molar-refractivity contribution in [2.45, 2.75) is 18.6 Å². The molecule has 1 amide bonds. The number of amides is 1. The van der Waals surface area contributed by atoms with Gasteiger partial charge < -0.3 is 19.5 Å². The van der Waals surface area contributed by atoms with Gasteiger partial charge in [-0.05, 0) is 25.1 Å². The van der Waals surface area contributed by atoms with Crippen LogP contribution in [0.25, 0.3) is 0 Å². The molecule has 3 aliphatic heterocycles. The van der Waals surface area contributed by atoms with Crippen molar-refractivity contribution in [2.24, 2.45) is 0 Å². The summed E-state index contributed by atoms with van der Waals surface area (Å²) in [5, 5.41) is 3.24. The summed E-state index contributed by atoms with van der Waals surface area (Å²) in [7, 11) is 0. The first kappa shape index (κ1) is 10.9. The van der Waals surface area contributed by atoms with Gasteiger partial charge >= 0.3 is 6.09 Å². The van der Waals surface area contributed by atoms with Crippen molar-refractivity contribution in [3.63, 3.8) is 0 Å². The van der Waals surface area contributed by atoms with Crippen molar-refractivity contribution >= 4 is 11.8 Å². The van der Waals surface area contributed by atoms with E-state index in [1.54, 1.807) is 4.90 Å². The van der Waals surface area contributed by atoms with E-state index in [9.17, 15) is 4.79 Å². The molecule has 0 radical (unpaired) electrons. The summed E-state index contributed by atoms with van der Waals surface area (Å²) in [4.78, 5) is 13.8. The average molecular weight is 262 g/mol. The highest BCUT2D eigenvalue weighted by molar-refractivity contribution is 5.91. The molecule has 3 heterocycles. The van der Waals surface area contributed by atoms with Crippen molar-refractivity contribution in [3.05, 3.63) is 18.2 Å². The molecule has 2 atom stereocenters. The number of rotatable bonds is 1. The van der Waals surface area contributed by atoms with Gasteiger partial charge in [0, 0.05) is 12.6 Å². The Morgan fingerprint density at radius 2 is 2.16 bits per heavy atom. The van der Waals surface area contributed by atoms with Crippen molar-refractivity contribution in [2.75, 3.05) is 24.8 Å². The molecule has 100 valence electrons. The lowest BCUT2D eigenvalue weighted by molar-refractivity contribution is 0.121. The quantitative estimate of drug-likeness (QED) is 0.821. The van der Waals surface area contributed by atoms with Crippen LogP contribution in [0.15, 0.2) is 18.2 Å². The van der Waals surface area contributed by atoms with Crippen LogP contribution in [-0.4, -0.2) is 38.1 Å². The summed E-state index contributed by atoms with van der Waals surface area (Å²) >= 11 is 0. The highest BCUT2D eigenvalue weighted by Crippen LogP contribution is 2.38. The Hall–Kier alpha value is -1.95. The maximum atomic E-state index is 12.0. The number of fused-ring (bicyclic) bond motifs is 2. The minimum absolute atomic E-state index is 0.0633. The molecular weight excluding hydrogens is 248 g/mol. The number of nitrogens with one attached hydrogen (secondary N) is 1. The van der Waals surface area contributed by atoms with E-state index >= 15 is 0 Å². The van der Waals surface area contributed by atoms with Crippen molar-refractivity contribution in [3.8, 4) is 11.5 Å². The third-order valence-electron chi connectivity index (χ3n) is 3.81. The second-order valence-corrected chi connectivity index (χ2v) is 4.89. The lowest BCUT2D eigenvalue weighted by Gasteiger charge is -2.28. The molecule has 3 aliphatic rings. The minimum atomic E-state index is -0.280. The molecule has 2 unspecified atom stereocenters. The molecule has 1 N–H and O–H groups in total. The summed E-state index contributed by atoms with van der Waals surface area (Å²) in [6, 6.07) is 5.65. The van der Waals surface area contributed by atoms with Gasteiger partial charge in [0.25, 0.3) is 0 Å². The zero-order chi connectivity index (χ0) is 12.8. The number of ether oxygens (including phenoxy) is 3. The fourth-order valence-electron chi connectivity index (χ4n) is 2.89. The van der Waals surface area contributed by atoms with E-state index in [1.807, 2.05) is 18.2 Å². The van der Waals surface area contributed by atoms with Crippen LogP contribution in [0.3, 0.4) is 0 Å². The zero-order valence-electron chi connectivity index (χ0n) is 10.3. The second kappa shape index (κ2) is 4.03. The van der Waals surface area contributed by atoms with E-state index < -0.39 is 0 Å². The molecule has 0 aromatic heterocycles. The van der Waals surface area contributed by atoms with Crippen LogP contribution in [0.4, 0.5) is 10.5 Å². The normalized spacial score (nSPS) is 28.2. The summed E-state index contributed by atoms with van der Waals surface area (Å²) in [5.41, 5.74) is 0.809. The summed E-state index contributed by atoms with van der Waals surface area (Å²) < 4.78 is 16.0. The van der Waals surface area contributed by atoms with Crippen LogP contribution < -0.4 is 19.7 Å². The number of hydrogen-bond acceptors (Lipinski definition) is 5. The van der Waals surface area contributed by atoms with Crippen molar-refractivity contribution < 1.29 is 19.0 Å². The summed E-state index contributed by atoms with van der Waals surface area (Å²) in [6.45, 7) is 1.86. The first-order valence-electron chi connectivity index (χ1n) is 6.43. The summed E-state index contributed by atoms with van der Waals surface area (Å²) in [5.74, 6) is 1.40. The fourth-order valence-corrected chi connectivity index (χ4v) is 2.89. The van der Waals surface area contributed by atoms with Crippen LogP contribution in [-0.2, 0) is 4.74 Å². The second-order valence-electron chi connectivity index (χ2n) is 4.89. The summed E-state index contributed by atoms with van der Waals surface area (Å²) in [6.07, 6.45) is 0.550. The van der Waals surface area contributed by atoms with Crippen LogP contribution >= 0.6 is 0 Å². The van der Waals surface area contributed by atoms with E-state index in [0.29, 0.717) is 5.75 Å². The van der Waals surface area contributed by atoms with Gasteiger partial charge in [-0.25, -0.2) is 4.79 Å². The van der Waals surface area contributed by atoms with Gasteiger partial charge in [-0.1, -0.05) is 0 Å². The highest BCUT2D eigenvalue weighted by atomic mass is 16.7. The fraction of sp³-hybridized carbons (Fsp3) is 0.462. The minimum Gasteiger partial charge on any atom is -0.454 e. The molecule has 4 rings (SSSR count). The lowest BCUT2D eigenvalue weighted by atomic mass is 10.0. The molecule has 1 aromatic carbocycles. The van der Waals surface area contributed by atoms with Gasteiger partial charge in [0.2, 0.25) is 6.79 Å². The Balaban J connectivity index is 1.69. The number of benzene rings is 1. The molecule has 1 aromatic rings. The maximum absolute atomic E-state index is 12.0. The monoisotopic (exact) mass is 262 g/mol. The molecule has 2 saturated heterocycles. The van der Waals surface area contributed by atoms with E-state index in [4.69, 9.17) is 14.2 Å². The van der Waals surface area contributed by atoms with Gasteiger partial charge in [-0.3, -0.25) is 4.90 Å². The average Bonchev–Trinajstić information content (AvgIpc) is 3.00. The van der Waals surface area contributed by atoms with Crippen LogP contribution in [0.2, 0.25) is 0 Å². The van der Waals surface area contributed by atoms with E-state index in [1.165, 1.54) is 0 Å². The number of anilines is 1. The molecule has 0 bridgehead atoms. The molecule has 6 nitrogen and oxygen atoms in total. The van der Waals surface area contributed by atoms with Gasteiger partial charge in [0.05, 0.1) is 11.7 Å². The SMILES string of the molecule is O=C1OC2CNCCC2N1c1ccc2c(c1)OCO2. The zero-order valence-corrected chi connectivity index (χ0v) is 10.3. The Morgan fingerprint density at radius 3 is 3.11 bits per heavy atom. The Labute approximate surface area is 110 Å². The predicted octanol–water partition coefficient (Wildman–Crippen LogP) is 1.10. The maximum Gasteiger partial charge on any atom is 0.415 e. The first-order valence-corrected chi connectivity index (χ1v) is 6.43. The molecule has 19 heavy (non-hydrogen) atoms. The Bertz CT molecular complexity index is 533. The molecule has 0 saturated carbocycles. The van der Waals surface area contributed by atoms with Gasteiger partial charge in [-0.2, -0.15) is 0 Å². The Morgan fingerprint density at radius 1 is 1.26 bits per heavy atom. The molecule has 2 fully saturated rings. The number of carbonyl (C=O) groups is 1. The lowest BCUT2D eigenvalue weighted by Crippen LogP contribution is -2.47. The number of nitrogens with zero attached hydrogens (tertiary/aromatic N) is 1. The highest BCUT2D eigenvalue weighted by Gasteiger charge is 2.43. The number of piperidine rings is 1. The van der Waals surface area contributed by atoms with Gasteiger partial charge in [0.15, 0.2) is 11.5 Å². The smallest absolute Gasteiger partial charge is 0.415 e. The van der Waals surface area contributed by atoms with E-state index in [-0.39, 0.29) is 25.0 Å². The van der Waals surface area contributed by atoms with Crippen molar-refractivity contribution in [1.29, 1.82) is 0 Å². The van der Waals surface area contributed by atoms with Crippen molar-refractivity contribution in [1.82, 2.24) is 5.32 Å².